The Labute approximate surface area is 85.7 Å². The molecule has 1 aliphatic heterocycles. The van der Waals surface area contributed by atoms with Crippen LogP contribution in [0.1, 0.15) is 32.1 Å². The molecule has 0 aromatic carbocycles. The van der Waals surface area contributed by atoms with Gasteiger partial charge in [0.1, 0.15) is 0 Å². The lowest BCUT2D eigenvalue weighted by molar-refractivity contribution is 0.0281. The molecule has 0 spiro atoms. The monoisotopic (exact) mass is 199 g/mol. The second-order valence-electron chi connectivity index (χ2n) is 4.75. The first-order valence-electron chi connectivity index (χ1n) is 5.84. The van der Waals surface area contributed by atoms with Gasteiger partial charge in [0, 0.05) is 19.2 Å². The third-order valence-electron chi connectivity index (χ3n) is 3.74. The SMILES string of the molecule is OCC1CCN([C@@H]2CCCC[C@H]2O)C1. The van der Waals surface area contributed by atoms with Crippen molar-refractivity contribution < 1.29 is 10.2 Å². The van der Waals surface area contributed by atoms with Crippen molar-refractivity contribution in [2.24, 2.45) is 5.92 Å². The molecule has 0 bridgehead atoms. The number of hydrogen-bond acceptors (Lipinski definition) is 3. The normalized spacial score (nSPS) is 40.3. The van der Waals surface area contributed by atoms with Crippen LogP contribution in [0.15, 0.2) is 0 Å². The van der Waals surface area contributed by atoms with E-state index in [1.165, 1.54) is 12.8 Å². The van der Waals surface area contributed by atoms with Crippen LogP contribution in [0.4, 0.5) is 0 Å². The molecule has 1 heterocycles. The third kappa shape index (κ3) is 2.10. The average Bonchev–Trinajstić information content (AvgIpc) is 2.67. The van der Waals surface area contributed by atoms with E-state index in [1.807, 2.05) is 0 Å². The van der Waals surface area contributed by atoms with Gasteiger partial charge < -0.3 is 10.2 Å². The summed E-state index contributed by atoms with van der Waals surface area (Å²) in [5.41, 5.74) is 0. The largest absolute Gasteiger partial charge is 0.396 e. The molecule has 0 aromatic rings. The smallest absolute Gasteiger partial charge is 0.0695 e. The van der Waals surface area contributed by atoms with Gasteiger partial charge in [0.2, 0.25) is 0 Å². The molecule has 1 saturated carbocycles. The van der Waals surface area contributed by atoms with Crippen molar-refractivity contribution in [3.8, 4) is 0 Å². The van der Waals surface area contributed by atoms with Gasteiger partial charge in [-0.15, -0.1) is 0 Å². The molecule has 0 amide bonds. The second-order valence-corrected chi connectivity index (χ2v) is 4.75. The second kappa shape index (κ2) is 4.60. The van der Waals surface area contributed by atoms with Gasteiger partial charge in [0.15, 0.2) is 0 Å². The van der Waals surface area contributed by atoms with Crippen molar-refractivity contribution >= 4 is 0 Å². The van der Waals surface area contributed by atoms with Gasteiger partial charge in [-0.2, -0.15) is 0 Å². The summed E-state index contributed by atoms with van der Waals surface area (Å²) < 4.78 is 0. The molecule has 1 unspecified atom stereocenters. The molecular weight excluding hydrogens is 178 g/mol. The van der Waals surface area contributed by atoms with E-state index in [2.05, 4.69) is 4.90 Å². The van der Waals surface area contributed by atoms with Gasteiger partial charge in [-0.1, -0.05) is 12.8 Å². The molecule has 3 heteroatoms. The molecule has 3 atom stereocenters. The van der Waals surface area contributed by atoms with Crippen molar-refractivity contribution in [2.75, 3.05) is 19.7 Å². The van der Waals surface area contributed by atoms with Crippen LogP contribution < -0.4 is 0 Å². The lowest BCUT2D eigenvalue weighted by Gasteiger charge is -2.35. The van der Waals surface area contributed by atoms with E-state index in [9.17, 15) is 5.11 Å². The van der Waals surface area contributed by atoms with Crippen LogP contribution in [0.2, 0.25) is 0 Å². The molecule has 2 fully saturated rings. The zero-order valence-electron chi connectivity index (χ0n) is 8.73. The first-order valence-corrected chi connectivity index (χ1v) is 5.84. The number of aliphatic hydroxyl groups excluding tert-OH is 2. The summed E-state index contributed by atoms with van der Waals surface area (Å²) in [4.78, 5) is 2.38. The Balaban J connectivity index is 1.88. The van der Waals surface area contributed by atoms with Crippen molar-refractivity contribution in [3.63, 3.8) is 0 Å². The maximum Gasteiger partial charge on any atom is 0.0695 e. The van der Waals surface area contributed by atoms with E-state index in [0.29, 0.717) is 18.6 Å². The molecule has 1 saturated heterocycles. The summed E-state index contributed by atoms with van der Waals surface area (Å²) in [6.45, 7) is 2.35. The minimum absolute atomic E-state index is 0.124. The average molecular weight is 199 g/mol. The van der Waals surface area contributed by atoms with Crippen LogP contribution in [-0.2, 0) is 0 Å². The molecule has 3 nitrogen and oxygen atoms in total. The molecule has 1 aliphatic carbocycles. The molecule has 0 radical (unpaired) electrons. The Kier molecular flexibility index (Phi) is 3.42. The first-order chi connectivity index (χ1) is 6.81. The van der Waals surface area contributed by atoms with Crippen LogP contribution in [0.5, 0.6) is 0 Å². The molecule has 2 rings (SSSR count). The molecule has 14 heavy (non-hydrogen) atoms. The Morgan fingerprint density at radius 3 is 2.57 bits per heavy atom. The zero-order chi connectivity index (χ0) is 9.97. The van der Waals surface area contributed by atoms with E-state index < -0.39 is 0 Å². The number of rotatable bonds is 2. The van der Waals surface area contributed by atoms with Gasteiger partial charge in [0.25, 0.3) is 0 Å². The Morgan fingerprint density at radius 2 is 1.93 bits per heavy atom. The quantitative estimate of drug-likeness (QED) is 0.684. The van der Waals surface area contributed by atoms with E-state index in [0.717, 1.165) is 32.4 Å². The van der Waals surface area contributed by atoms with Gasteiger partial charge >= 0.3 is 0 Å². The van der Waals surface area contributed by atoms with E-state index in [-0.39, 0.29) is 6.10 Å². The van der Waals surface area contributed by atoms with E-state index in [1.54, 1.807) is 0 Å². The first kappa shape index (κ1) is 10.4. The van der Waals surface area contributed by atoms with Crippen molar-refractivity contribution in [1.82, 2.24) is 4.90 Å². The van der Waals surface area contributed by atoms with E-state index >= 15 is 0 Å². The highest BCUT2D eigenvalue weighted by atomic mass is 16.3. The van der Waals surface area contributed by atoms with Crippen LogP contribution in [0.25, 0.3) is 0 Å². The van der Waals surface area contributed by atoms with Gasteiger partial charge in [-0.25, -0.2) is 0 Å². The number of aliphatic hydroxyl groups is 2. The predicted octanol–water partition coefficient (Wildman–Crippen LogP) is 0.604. The fourth-order valence-electron chi connectivity index (χ4n) is 2.83. The van der Waals surface area contributed by atoms with Gasteiger partial charge in [-0.3, -0.25) is 4.90 Å². The fourth-order valence-corrected chi connectivity index (χ4v) is 2.83. The van der Waals surface area contributed by atoms with Crippen molar-refractivity contribution in [3.05, 3.63) is 0 Å². The highest BCUT2D eigenvalue weighted by Gasteiger charge is 2.33. The molecule has 82 valence electrons. The fraction of sp³-hybridized carbons (Fsp3) is 1.00. The minimum Gasteiger partial charge on any atom is -0.396 e. The van der Waals surface area contributed by atoms with E-state index in [4.69, 9.17) is 5.11 Å². The topological polar surface area (TPSA) is 43.7 Å². The van der Waals surface area contributed by atoms with Crippen LogP contribution in [0, 0.1) is 5.92 Å². The summed E-state index contributed by atoms with van der Waals surface area (Å²) in [6, 6.07) is 0.375. The maximum atomic E-state index is 9.88. The molecular formula is C11H21NO2. The van der Waals surface area contributed by atoms with Crippen LogP contribution >= 0.6 is 0 Å². The zero-order valence-corrected chi connectivity index (χ0v) is 8.73. The van der Waals surface area contributed by atoms with Crippen molar-refractivity contribution in [1.29, 1.82) is 0 Å². The lowest BCUT2D eigenvalue weighted by atomic mass is 9.91. The highest BCUT2D eigenvalue weighted by molar-refractivity contribution is 4.87. The molecule has 2 N–H and O–H groups in total. The predicted molar refractivity (Wildman–Crippen MR) is 55.0 cm³/mol. The van der Waals surface area contributed by atoms with Gasteiger partial charge in [0.05, 0.1) is 6.10 Å². The number of hydrogen-bond donors (Lipinski definition) is 2. The lowest BCUT2D eigenvalue weighted by Crippen LogP contribution is -2.44. The van der Waals surface area contributed by atoms with Crippen molar-refractivity contribution in [2.45, 2.75) is 44.2 Å². The summed E-state index contributed by atoms with van der Waals surface area (Å²) >= 11 is 0. The number of nitrogens with zero attached hydrogens (tertiary/aromatic N) is 1. The Bertz CT molecular complexity index is 186. The molecule has 2 aliphatic rings. The minimum atomic E-state index is -0.124. The third-order valence-corrected chi connectivity index (χ3v) is 3.74. The van der Waals surface area contributed by atoms with Crippen LogP contribution in [0.3, 0.4) is 0 Å². The number of likely N-dealkylation sites (tertiary alicyclic amines) is 1. The van der Waals surface area contributed by atoms with Crippen LogP contribution in [-0.4, -0.2) is 47.0 Å². The molecule has 0 aromatic heterocycles. The Morgan fingerprint density at radius 1 is 1.14 bits per heavy atom. The summed E-state index contributed by atoms with van der Waals surface area (Å²) in [7, 11) is 0. The van der Waals surface area contributed by atoms with Gasteiger partial charge in [-0.05, 0) is 31.7 Å². The maximum absolute atomic E-state index is 9.88. The highest BCUT2D eigenvalue weighted by Crippen LogP contribution is 2.27. The summed E-state index contributed by atoms with van der Waals surface area (Å²) in [5.74, 6) is 0.448. The Hall–Kier alpha value is -0.120. The summed E-state index contributed by atoms with van der Waals surface area (Å²) in [6.07, 6.45) is 5.50. The standard InChI is InChI=1S/C11H21NO2/c13-8-9-5-6-12(7-9)10-3-1-2-4-11(10)14/h9-11,13-14H,1-8H2/t9?,10-,11-/m1/s1. The summed E-state index contributed by atoms with van der Waals surface area (Å²) in [5, 5.41) is 18.9.